The summed E-state index contributed by atoms with van der Waals surface area (Å²) in [5.74, 6) is 1.70. The molecule has 0 radical (unpaired) electrons. The second-order valence-corrected chi connectivity index (χ2v) is 7.87. The summed E-state index contributed by atoms with van der Waals surface area (Å²) >= 11 is 0. The topological polar surface area (TPSA) is 89.2 Å². The van der Waals surface area contributed by atoms with Gasteiger partial charge in [0.2, 0.25) is 0 Å². The first-order valence-corrected chi connectivity index (χ1v) is 9.96. The number of hydrogen-bond donors (Lipinski definition) is 1. The minimum Gasteiger partial charge on any atom is -0.371 e. The summed E-state index contributed by atoms with van der Waals surface area (Å²) in [6, 6.07) is 6.12. The molecule has 9 nitrogen and oxygen atoms in total. The van der Waals surface area contributed by atoms with Crippen LogP contribution >= 0.6 is 0 Å². The van der Waals surface area contributed by atoms with E-state index in [0.717, 1.165) is 65.7 Å². The summed E-state index contributed by atoms with van der Waals surface area (Å²) in [6.45, 7) is 3.76. The zero-order valence-electron chi connectivity index (χ0n) is 16.4. The molecule has 6 rings (SSSR count). The molecule has 29 heavy (non-hydrogen) atoms. The van der Waals surface area contributed by atoms with Crippen molar-refractivity contribution in [2.45, 2.75) is 32.0 Å². The third-order valence-corrected chi connectivity index (χ3v) is 5.97. The van der Waals surface area contributed by atoms with Crippen LogP contribution < -0.4 is 4.90 Å². The van der Waals surface area contributed by atoms with Gasteiger partial charge >= 0.3 is 0 Å². The molecule has 2 fully saturated rings. The number of aromatic amines is 1. The van der Waals surface area contributed by atoms with E-state index in [1.807, 2.05) is 41.5 Å². The number of fused-ring (bicyclic) bond motifs is 3. The van der Waals surface area contributed by atoms with E-state index in [1.165, 1.54) is 0 Å². The number of hydrogen-bond acceptors (Lipinski definition) is 6. The Morgan fingerprint density at radius 2 is 1.97 bits per heavy atom. The summed E-state index contributed by atoms with van der Waals surface area (Å²) in [5, 5.41) is 16.5. The summed E-state index contributed by atoms with van der Waals surface area (Å²) in [7, 11) is 1.96. The highest BCUT2D eigenvalue weighted by Crippen LogP contribution is 2.34. The second-order valence-electron chi connectivity index (χ2n) is 7.87. The number of imidazole rings is 1. The normalized spacial score (nSPS) is 21.4. The predicted molar refractivity (Wildman–Crippen MR) is 108 cm³/mol. The van der Waals surface area contributed by atoms with Crippen LogP contribution in [-0.2, 0) is 11.8 Å². The Bertz CT molecular complexity index is 1180. The number of nitrogens with zero attached hydrogens (tertiary/aromatic N) is 7. The van der Waals surface area contributed by atoms with Crippen molar-refractivity contribution in [2.24, 2.45) is 7.05 Å². The van der Waals surface area contributed by atoms with Crippen molar-refractivity contribution in [3.05, 3.63) is 36.3 Å². The van der Waals surface area contributed by atoms with Gasteiger partial charge in [-0.1, -0.05) is 0 Å². The predicted octanol–water partition coefficient (Wildman–Crippen LogP) is 2.20. The van der Waals surface area contributed by atoms with E-state index in [1.54, 1.807) is 6.20 Å². The van der Waals surface area contributed by atoms with Gasteiger partial charge in [0.1, 0.15) is 5.69 Å². The van der Waals surface area contributed by atoms with Crippen molar-refractivity contribution in [3.63, 3.8) is 0 Å². The number of nitrogens with one attached hydrogen (secondary N) is 1. The molecule has 2 unspecified atom stereocenters. The molecule has 6 heterocycles. The molecule has 2 atom stereocenters. The maximum atomic E-state index is 6.03. The molecule has 0 aromatic carbocycles. The molecular weight excluding hydrogens is 368 g/mol. The standard InChI is InChI=1S/C20H22N8O/c1-12-19-15(17-6-8-22-26(17)2)9-18(27-10-13-3-4-14(11-27)29-13)25-28(19)20(23-12)16-5-7-21-24-16/h5-9,13-14H,3-4,10-11H2,1-2H3,(H,21,24). The highest BCUT2D eigenvalue weighted by molar-refractivity contribution is 5.83. The smallest absolute Gasteiger partial charge is 0.179 e. The summed E-state index contributed by atoms with van der Waals surface area (Å²) in [5.41, 5.74) is 4.86. The Balaban J connectivity index is 1.59. The molecule has 2 aliphatic heterocycles. The quantitative estimate of drug-likeness (QED) is 0.577. The zero-order valence-corrected chi connectivity index (χ0v) is 16.4. The first kappa shape index (κ1) is 16.7. The number of aryl methyl sites for hydroxylation is 2. The van der Waals surface area contributed by atoms with E-state index >= 15 is 0 Å². The maximum absolute atomic E-state index is 6.03. The number of rotatable bonds is 3. The van der Waals surface area contributed by atoms with Gasteiger partial charge < -0.3 is 9.64 Å². The second kappa shape index (κ2) is 6.15. The zero-order chi connectivity index (χ0) is 19.5. The van der Waals surface area contributed by atoms with Crippen molar-refractivity contribution in [3.8, 4) is 22.8 Å². The first-order chi connectivity index (χ1) is 14.2. The van der Waals surface area contributed by atoms with Crippen molar-refractivity contribution in [1.82, 2.24) is 34.6 Å². The fourth-order valence-electron chi connectivity index (χ4n) is 4.60. The third-order valence-electron chi connectivity index (χ3n) is 5.97. The highest BCUT2D eigenvalue weighted by atomic mass is 16.5. The molecule has 0 aliphatic carbocycles. The summed E-state index contributed by atoms with van der Waals surface area (Å²) < 4.78 is 9.86. The molecule has 148 valence electrons. The van der Waals surface area contributed by atoms with Crippen LogP contribution in [0.1, 0.15) is 18.5 Å². The molecule has 2 saturated heterocycles. The van der Waals surface area contributed by atoms with Gasteiger partial charge in [0.25, 0.3) is 0 Å². The lowest BCUT2D eigenvalue weighted by molar-refractivity contribution is 0.0301. The summed E-state index contributed by atoms with van der Waals surface area (Å²) in [4.78, 5) is 7.16. The van der Waals surface area contributed by atoms with Gasteiger partial charge in [-0.15, -0.1) is 5.10 Å². The van der Waals surface area contributed by atoms with Gasteiger partial charge in [0, 0.05) is 38.1 Å². The summed E-state index contributed by atoms with van der Waals surface area (Å²) in [6.07, 6.45) is 6.40. The fraction of sp³-hybridized carbons (Fsp3) is 0.400. The Hall–Kier alpha value is -3.20. The van der Waals surface area contributed by atoms with E-state index < -0.39 is 0 Å². The Kier molecular flexibility index (Phi) is 3.55. The lowest BCUT2D eigenvalue weighted by Crippen LogP contribution is -2.43. The van der Waals surface area contributed by atoms with Crippen molar-refractivity contribution < 1.29 is 4.74 Å². The van der Waals surface area contributed by atoms with Crippen LogP contribution in [0.4, 0.5) is 5.82 Å². The van der Waals surface area contributed by atoms with E-state index in [2.05, 4.69) is 26.3 Å². The van der Waals surface area contributed by atoms with E-state index in [4.69, 9.17) is 14.8 Å². The number of anilines is 1. The van der Waals surface area contributed by atoms with Gasteiger partial charge in [-0.05, 0) is 38.0 Å². The van der Waals surface area contributed by atoms with Crippen LogP contribution in [0.3, 0.4) is 0 Å². The van der Waals surface area contributed by atoms with Gasteiger partial charge in [0.05, 0.1) is 29.1 Å². The third kappa shape index (κ3) is 2.57. The van der Waals surface area contributed by atoms with Crippen molar-refractivity contribution in [2.75, 3.05) is 18.0 Å². The van der Waals surface area contributed by atoms with Gasteiger partial charge in [0.15, 0.2) is 11.6 Å². The van der Waals surface area contributed by atoms with Gasteiger partial charge in [-0.2, -0.15) is 10.2 Å². The molecule has 0 spiro atoms. The van der Waals surface area contributed by atoms with Gasteiger partial charge in [-0.3, -0.25) is 9.78 Å². The van der Waals surface area contributed by atoms with Crippen LogP contribution in [-0.4, -0.2) is 59.9 Å². The van der Waals surface area contributed by atoms with Crippen LogP contribution in [0, 0.1) is 6.92 Å². The molecule has 2 aliphatic rings. The largest absolute Gasteiger partial charge is 0.371 e. The lowest BCUT2D eigenvalue weighted by atomic mass is 10.1. The van der Waals surface area contributed by atoms with E-state index in [0.29, 0.717) is 12.2 Å². The molecule has 0 amide bonds. The molecule has 2 bridgehead atoms. The molecule has 9 heteroatoms. The van der Waals surface area contributed by atoms with Crippen LogP contribution in [0.5, 0.6) is 0 Å². The van der Waals surface area contributed by atoms with Crippen molar-refractivity contribution >= 4 is 11.3 Å². The highest BCUT2D eigenvalue weighted by Gasteiger charge is 2.35. The van der Waals surface area contributed by atoms with Gasteiger partial charge in [-0.25, -0.2) is 9.50 Å². The van der Waals surface area contributed by atoms with E-state index in [9.17, 15) is 0 Å². The maximum Gasteiger partial charge on any atom is 0.179 e. The van der Waals surface area contributed by atoms with Crippen LogP contribution in [0.25, 0.3) is 28.3 Å². The van der Waals surface area contributed by atoms with Crippen LogP contribution in [0.2, 0.25) is 0 Å². The Labute approximate surface area is 167 Å². The molecular formula is C20H22N8O. The Morgan fingerprint density at radius 3 is 2.66 bits per heavy atom. The fourth-order valence-corrected chi connectivity index (χ4v) is 4.60. The average molecular weight is 390 g/mol. The first-order valence-electron chi connectivity index (χ1n) is 9.96. The number of aromatic nitrogens is 7. The number of H-pyrrole nitrogens is 1. The van der Waals surface area contributed by atoms with E-state index in [-0.39, 0.29) is 0 Å². The molecule has 4 aromatic rings. The minimum atomic E-state index is 0.294. The molecule has 4 aromatic heterocycles. The van der Waals surface area contributed by atoms with Crippen LogP contribution in [0.15, 0.2) is 30.6 Å². The van der Waals surface area contributed by atoms with Crippen molar-refractivity contribution in [1.29, 1.82) is 0 Å². The SMILES string of the molecule is Cc1nc(-c2ccn[nH]2)n2nc(N3CC4CCC(C3)O4)cc(-c3ccnn3C)c12. The molecule has 0 saturated carbocycles. The average Bonchev–Trinajstić information content (AvgIpc) is 3.50. The number of morpholine rings is 1. The monoisotopic (exact) mass is 390 g/mol. The number of ether oxygens (including phenoxy) is 1. The Morgan fingerprint density at radius 1 is 1.14 bits per heavy atom. The minimum absolute atomic E-state index is 0.294. The lowest BCUT2D eigenvalue weighted by Gasteiger charge is -2.33. The molecule has 1 N–H and O–H groups in total.